The summed E-state index contributed by atoms with van der Waals surface area (Å²) < 4.78 is 26.1. The van der Waals surface area contributed by atoms with Crippen LogP contribution >= 0.6 is 0 Å². The Bertz CT molecular complexity index is 1350. The maximum absolute atomic E-state index is 12.9. The summed E-state index contributed by atoms with van der Waals surface area (Å²) in [6.45, 7) is 0.636. The lowest BCUT2D eigenvalue weighted by Crippen LogP contribution is -2.09. The first-order chi connectivity index (χ1) is 15.2. The van der Waals surface area contributed by atoms with Crippen LogP contribution in [0.25, 0.3) is 21.9 Å². The summed E-state index contributed by atoms with van der Waals surface area (Å²) in [5, 5.41) is 15.9. The van der Waals surface area contributed by atoms with Gasteiger partial charge in [0.15, 0.2) is 5.82 Å². The number of aromatic amines is 1. The number of nitrogens with one attached hydrogen (secondary N) is 2. The number of ether oxygens (including phenoxy) is 2. The molecule has 31 heavy (non-hydrogen) atoms. The van der Waals surface area contributed by atoms with Gasteiger partial charge in [-0.3, -0.25) is 14.8 Å². The minimum Gasteiger partial charge on any atom is -0.490 e. The second kappa shape index (κ2) is 7.94. The topological polar surface area (TPSA) is 89.9 Å². The van der Waals surface area contributed by atoms with E-state index in [0.29, 0.717) is 30.7 Å². The lowest BCUT2D eigenvalue weighted by Gasteiger charge is -2.07. The van der Waals surface area contributed by atoms with E-state index < -0.39 is 0 Å². The fourth-order valence-electron chi connectivity index (χ4n) is 3.31. The number of anilines is 2. The van der Waals surface area contributed by atoms with Gasteiger partial charge in [0.2, 0.25) is 5.88 Å². The van der Waals surface area contributed by atoms with Crippen LogP contribution in [0.1, 0.15) is 0 Å². The van der Waals surface area contributed by atoms with Gasteiger partial charge < -0.3 is 14.8 Å². The molecule has 2 N–H and O–H groups in total. The quantitative estimate of drug-likeness (QED) is 0.385. The molecule has 5 rings (SSSR count). The summed E-state index contributed by atoms with van der Waals surface area (Å²) in [6, 6.07) is 15.5. The first-order valence-electron chi connectivity index (χ1n) is 9.71. The lowest BCUT2D eigenvalue weighted by molar-refractivity contribution is 0.212. The zero-order chi connectivity index (χ0) is 21.2. The number of hydrogen-bond acceptors (Lipinski definition) is 6. The third-order valence-electron chi connectivity index (χ3n) is 4.80. The Hall–Kier alpha value is -4.14. The molecule has 0 saturated heterocycles. The second-order valence-corrected chi connectivity index (χ2v) is 6.91. The van der Waals surface area contributed by atoms with Gasteiger partial charge in [0.05, 0.1) is 16.4 Å². The Morgan fingerprint density at radius 2 is 1.90 bits per heavy atom. The molecule has 8 nitrogen and oxygen atoms in total. The van der Waals surface area contributed by atoms with Crippen LogP contribution < -0.4 is 14.8 Å². The maximum atomic E-state index is 12.9. The van der Waals surface area contributed by atoms with Crippen LogP contribution in [0.5, 0.6) is 11.6 Å². The number of benzene rings is 2. The van der Waals surface area contributed by atoms with Gasteiger partial charge >= 0.3 is 0 Å². The third kappa shape index (κ3) is 3.85. The Morgan fingerprint density at radius 1 is 1.06 bits per heavy atom. The number of hydrogen-bond donors (Lipinski definition) is 2. The highest BCUT2D eigenvalue weighted by molar-refractivity contribution is 5.91. The van der Waals surface area contributed by atoms with Crippen molar-refractivity contribution < 1.29 is 13.9 Å². The molecule has 0 radical (unpaired) electrons. The summed E-state index contributed by atoms with van der Waals surface area (Å²) in [5.41, 5.74) is 3.41. The number of aryl methyl sites for hydroxylation is 1. The van der Waals surface area contributed by atoms with Gasteiger partial charge in [-0.05, 0) is 54.6 Å². The van der Waals surface area contributed by atoms with E-state index in [2.05, 4.69) is 25.6 Å². The number of pyridine rings is 1. The molecule has 0 aliphatic rings. The van der Waals surface area contributed by atoms with E-state index in [-0.39, 0.29) is 5.82 Å². The highest BCUT2D eigenvalue weighted by Crippen LogP contribution is 2.29. The standard InChI is InChI=1S/C22H19FN6O2/c1-29-19-13-15(25-21-20-18(26-27-21)3-2-10-24-20)6-9-17(19)22(28-29)31-12-11-30-16-7-4-14(23)5-8-16/h2-10,13H,11-12H2,1H3,(H2,25,26,27). The minimum absolute atomic E-state index is 0.297. The molecule has 3 aromatic heterocycles. The Morgan fingerprint density at radius 3 is 2.77 bits per heavy atom. The molecular formula is C22H19FN6O2. The fraction of sp³-hybridized carbons (Fsp3) is 0.136. The molecule has 156 valence electrons. The molecule has 2 aromatic carbocycles. The van der Waals surface area contributed by atoms with Crippen LogP contribution in [0.15, 0.2) is 60.8 Å². The Balaban J connectivity index is 1.28. The molecule has 0 saturated carbocycles. The van der Waals surface area contributed by atoms with Crippen LogP contribution in [0.3, 0.4) is 0 Å². The van der Waals surface area contributed by atoms with E-state index in [1.54, 1.807) is 23.0 Å². The average Bonchev–Trinajstić information content (AvgIpc) is 3.33. The molecule has 0 atom stereocenters. The van der Waals surface area contributed by atoms with Gasteiger partial charge in [0.25, 0.3) is 0 Å². The summed E-state index contributed by atoms with van der Waals surface area (Å²) in [6.07, 6.45) is 1.73. The van der Waals surface area contributed by atoms with Crippen LogP contribution in [-0.2, 0) is 7.05 Å². The molecule has 0 aliphatic carbocycles. The lowest BCUT2D eigenvalue weighted by atomic mass is 10.2. The smallest absolute Gasteiger partial charge is 0.240 e. The second-order valence-electron chi connectivity index (χ2n) is 6.91. The summed E-state index contributed by atoms with van der Waals surface area (Å²) in [7, 11) is 1.86. The highest BCUT2D eigenvalue weighted by atomic mass is 19.1. The van der Waals surface area contributed by atoms with Crippen molar-refractivity contribution in [1.29, 1.82) is 0 Å². The van der Waals surface area contributed by atoms with E-state index in [4.69, 9.17) is 9.47 Å². The molecule has 3 heterocycles. The Labute approximate surface area is 176 Å². The fourth-order valence-corrected chi connectivity index (χ4v) is 3.31. The van der Waals surface area contributed by atoms with Crippen molar-refractivity contribution in [2.75, 3.05) is 18.5 Å². The summed E-state index contributed by atoms with van der Waals surface area (Å²) in [4.78, 5) is 4.37. The van der Waals surface area contributed by atoms with Crippen molar-refractivity contribution in [3.05, 3.63) is 66.6 Å². The number of halogens is 1. The van der Waals surface area contributed by atoms with Gasteiger partial charge in [-0.25, -0.2) is 4.39 Å². The van der Waals surface area contributed by atoms with Crippen molar-refractivity contribution in [3.63, 3.8) is 0 Å². The number of rotatable bonds is 7. The van der Waals surface area contributed by atoms with Crippen LogP contribution in [-0.4, -0.2) is 38.2 Å². The molecule has 0 unspecified atom stereocenters. The summed E-state index contributed by atoms with van der Waals surface area (Å²) in [5.74, 6) is 1.48. The highest BCUT2D eigenvalue weighted by Gasteiger charge is 2.12. The molecular weight excluding hydrogens is 399 g/mol. The van der Waals surface area contributed by atoms with Gasteiger partial charge in [0.1, 0.15) is 30.3 Å². The van der Waals surface area contributed by atoms with E-state index in [9.17, 15) is 4.39 Å². The van der Waals surface area contributed by atoms with Crippen molar-refractivity contribution in [3.8, 4) is 11.6 Å². The predicted molar refractivity (Wildman–Crippen MR) is 115 cm³/mol. The molecule has 5 aromatic rings. The third-order valence-corrected chi connectivity index (χ3v) is 4.80. The SMILES string of the molecule is Cn1nc(OCCOc2ccc(F)cc2)c2ccc(Nc3n[nH]c4cccnc34)cc21. The van der Waals surface area contributed by atoms with Crippen LogP contribution in [0, 0.1) is 5.82 Å². The van der Waals surface area contributed by atoms with E-state index in [1.165, 1.54) is 12.1 Å². The normalized spacial score (nSPS) is 11.2. The number of fused-ring (bicyclic) bond motifs is 2. The van der Waals surface area contributed by atoms with Crippen LogP contribution in [0.2, 0.25) is 0 Å². The van der Waals surface area contributed by atoms with Crippen molar-refractivity contribution in [1.82, 2.24) is 25.0 Å². The maximum Gasteiger partial charge on any atom is 0.240 e. The summed E-state index contributed by atoms with van der Waals surface area (Å²) >= 11 is 0. The zero-order valence-electron chi connectivity index (χ0n) is 16.7. The van der Waals surface area contributed by atoms with E-state index in [1.807, 2.05) is 37.4 Å². The van der Waals surface area contributed by atoms with Crippen molar-refractivity contribution in [2.45, 2.75) is 0 Å². The monoisotopic (exact) mass is 418 g/mol. The first-order valence-corrected chi connectivity index (χ1v) is 9.71. The van der Waals surface area contributed by atoms with Crippen molar-refractivity contribution >= 4 is 33.4 Å². The van der Waals surface area contributed by atoms with E-state index >= 15 is 0 Å². The molecule has 0 fully saturated rings. The molecule has 0 bridgehead atoms. The molecule has 0 spiro atoms. The van der Waals surface area contributed by atoms with E-state index in [0.717, 1.165) is 27.6 Å². The number of H-pyrrole nitrogens is 1. The van der Waals surface area contributed by atoms with Crippen molar-refractivity contribution in [2.24, 2.45) is 7.05 Å². The molecule has 9 heteroatoms. The zero-order valence-corrected chi connectivity index (χ0v) is 16.7. The molecule has 0 amide bonds. The first kappa shape index (κ1) is 18.9. The Kier molecular flexibility index (Phi) is 4.83. The van der Waals surface area contributed by atoms with Crippen LogP contribution in [0.4, 0.5) is 15.9 Å². The van der Waals surface area contributed by atoms with Gasteiger partial charge in [-0.2, -0.15) is 5.10 Å². The molecule has 0 aliphatic heterocycles. The van der Waals surface area contributed by atoms with Gasteiger partial charge in [-0.15, -0.1) is 5.10 Å². The number of nitrogens with zero attached hydrogens (tertiary/aromatic N) is 4. The number of aromatic nitrogens is 5. The minimum atomic E-state index is -0.297. The largest absolute Gasteiger partial charge is 0.490 e. The average molecular weight is 418 g/mol. The predicted octanol–water partition coefficient (Wildman–Crippen LogP) is 4.19. The van der Waals surface area contributed by atoms with Gasteiger partial charge in [0, 0.05) is 18.9 Å². The van der Waals surface area contributed by atoms with Gasteiger partial charge in [-0.1, -0.05) is 0 Å².